The van der Waals surface area contributed by atoms with E-state index in [1.165, 1.54) is 13.2 Å². The molecule has 12 heavy (non-hydrogen) atoms. The highest BCUT2D eigenvalue weighted by atomic mass is 16.6. The number of hydrogen-bond donors (Lipinski definition) is 2. The SMILES string of the molecule is C=C[C@@H]1OC(=O)N[C@H]1C(O)OC. The zero-order chi connectivity index (χ0) is 9.14. The fourth-order valence-corrected chi connectivity index (χ4v) is 1.02. The number of aliphatic hydroxyl groups excluding tert-OH is 1. The van der Waals surface area contributed by atoms with Crippen LogP contribution in [-0.2, 0) is 9.47 Å². The molecule has 3 atom stereocenters. The lowest BCUT2D eigenvalue weighted by Gasteiger charge is -2.17. The van der Waals surface area contributed by atoms with E-state index in [1.807, 2.05) is 0 Å². The Labute approximate surface area is 70.0 Å². The Morgan fingerprint density at radius 2 is 2.58 bits per heavy atom. The fraction of sp³-hybridized carbons (Fsp3) is 0.571. The summed E-state index contributed by atoms with van der Waals surface area (Å²) in [5.41, 5.74) is 0. The zero-order valence-corrected chi connectivity index (χ0v) is 6.69. The summed E-state index contributed by atoms with van der Waals surface area (Å²) in [6.07, 6.45) is -0.738. The number of carbonyl (C=O) groups excluding carboxylic acids is 1. The maximum absolute atomic E-state index is 10.7. The summed E-state index contributed by atoms with van der Waals surface area (Å²) >= 11 is 0. The van der Waals surface area contributed by atoms with Crippen molar-refractivity contribution in [3.05, 3.63) is 12.7 Å². The molecule has 0 saturated carbocycles. The second-order valence-electron chi connectivity index (χ2n) is 2.40. The Morgan fingerprint density at radius 1 is 1.92 bits per heavy atom. The van der Waals surface area contributed by atoms with E-state index in [0.717, 1.165) is 0 Å². The quantitative estimate of drug-likeness (QED) is 0.450. The van der Waals surface area contributed by atoms with Crippen molar-refractivity contribution in [1.29, 1.82) is 0 Å². The lowest BCUT2D eigenvalue weighted by Crippen LogP contribution is -2.42. The molecule has 1 heterocycles. The summed E-state index contributed by atoms with van der Waals surface area (Å²) in [4.78, 5) is 10.7. The summed E-state index contributed by atoms with van der Waals surface area (Å²) in [6.45, 7) is 3.46. The van der Waals surface area contributed by atoms with Gasteiger partial charge in [-0.1, -0.05) is 6.58 Å². The Kier molecular flexibility index (Phi) is 2.67. The minimum absolute atomic E-state index is 0.535. The van der Waals surface area contributed by atoms with E-state index in [9.17, 15) is 9.90 Å². The van der Waals surface area contributed by atoms with Crippen LogP contribution in [0.4, 0.5) is 4.79 Å². The first-order valence-corrected chi connectivity index (χ1v) is 3.49. The first-order chi connectivity index (χ1) is 5.69. The fourth-order valence-electron chi connectivity index (χ4n) is 1.02. The Morgan fingerprint density at radius 3 is 3.08 bits per heavy atom. The molecule has 1 amide bonds. The lowest BCUT2D eigenvalue weighted by molar-refractivity contribution is -0.100. The maximum atomic E-state index is 10.7. The molecule has 1 unspecified atom stereocenters. The van der Waals surface area contributed by atoms with Gasteiger partial charge in [0.1, 0.15) is 12.1 Å². The molecular weight excluding hydrogens is 162 g/mol. The molecule has 1 saturated heterocycles. The molecule has 5 nitrogen and oxygen atoms in total. The van der Waals surface area contributed by atoms with Gasteiger partial charge in [-0.3, -0.25) is 0 Å². The summed E-state index contributed by atoms with van der Waals surface area (Å²) in [5, 5.41) is 11.6. The molecule has 0 bridgehead atoms. The molecule has 1 fully saturated rings. The van der Waals surface area contributed by atoms with Crippen molar-refractivity contribution in [3.63, 3.8) is 0 Å². The van der Waals surface area contributed by atoms with E-state index in [1.54, 1.807) is 0 Å². The van der Waals surface area contributed by atoms with Crippen molar-refractivity contribution in [2.75, 3.05) is 7.11 Å². The van der Waals surface area contributed by atoms with Crippen molar-refractivity contribution in [3.8, 4) is 0 Å². The molecule has 1 aliphatic rings. The van der Waals surface area contributed by atoms with Crippen molar-refractivity contribution in [2.24, 2.45) is 0 Å². The summed E-state index contributed by atoms with van der Waals surface area (Å²) in [5.74, 6) is 0. The molecule has 0 aromatic carbocycles. The van der Waals surface area contributed by atoms with Crippen LogP contribution in [0.2, 0.25) is 0 Å². The van der Waals surface area contributed by atoms with Crippen LogP contribution in [0.1, 0.15) is 0 Å². The molecule has 0 aromatic rings. The van der Waals surface area contributed by atoms with Gasteiger partial charge in [-0.15, -0.1) is 0 Å². The van der Waals surface area contributed by atoms with Gasteiger partial charge in [-0.25, -0.2) is 4.79 Å². The highest BCUT2D eigenvalue weighted by Crippen LogP contribution is 2.13. The number of alkyl carbamates (subject to hydrolysis) is 1. The summed E-state index contributed by atoms with van der Waals surface area (Å²) in [6, 6.07) is -0.569. The van der Waals surface area contributed by atoms with E-state index in [4.69, 9.17) is 4.74 Å². The Bertz CT molecular complexity index is 194. The van der Waals surface area contributed by atoms with Gasteiger partial charge in [0.2, 0.25) is 0 Å². The average Bonchev–Trinajstić information content (AvgIpc) is 2.45. The van der Waals surface area contributed by atoms with Crippen molar-refractivity contribution >= 4 is 6.09 Å². The van der Waals surface area contributed by atoms with Crippen LogP contribution in [0.25, 0.3) is 0 Å². The minimum Gasteiger partial charge on any atom is -0.440 e. The molecule has 1 rings (SSSR count). The minimum atomic E-state index is -1.07. The van der Waals surface area contributed by atoms with Gasteiger partial charge in [-0.2, -0.15) is 0 Å². The predicted molar refractivity (Wildman–Crippen MR) is 40.4 cm³/mol. The standard InChI is InChI=1S/C7H11NO4/c1-3-4-5(6(9)11-2)8-7(10)12-4/h3-6,9H,1H2,2H3,(H,8,10)/t4-,5+,6?/m0/s1. The second kappa shape index (κ2) is 3.55. The number of aliphatic hydroxyl groups is 1. The number of cyclic esters (lactones) is 1. The number of nitrogens with one attached hydrogen (secondary N) is 1. The van der Waals surface area contributed by atoms with Gasteiger partial charge >= 0.3 is 6.09 Å². The van der Waals surface area contributed by atoms with Crippen LogP contribution in [0, 0.1) is 0 Å². The third-order valence-electron chi connectivity index (χ3n) is 1.66. The van der Waals surface area contributed by atoms with Crippen LogP contribution >= 0.6 is 0 Å². The second-order valence-corrected chi connectivity index (χ2v) is 2.40. The topological polar surface area (TPSA) is 67.8 Å². The third kappa shape index (κ3) is 1.57. The first-order valence-electron chi connectivity index (χ1n) is 3.49. The van der Waals surface area contributed by atoms with Gasteiger partial charge in [-0.05, 0) is 6.08 Å². The molecule has 5 heteroatoms. The Balaban J connectivity index is 2.62. The molecule has 0 aliphatic carbocycles. The molecule has 0 radical (unpaired) electrons. The van der Waals surface area contributed by atoms with Crippen LogP contribution in [-0.4, -0.2) is 36.7 Å². The van der Waals surface area contributed by atoms with E-state index >= 15 is 0 Å². The zero-order valence-electron chi connectivity index (χ0n) is 6.69. The molecule has 2 N–H and O–H groups in total. The normalized spacial score (nSPS) is 30.7. The van der Waals surface area contributed by atoms with Crippen LogP contribution in [0.5, 0.6) is 0 Å². The number of carbonyl (C=O) groups is 1. The number of rotatable bonds is 3. The van der Waals surface area contributed by atoms with Crippen LogP contribution < -0.4 is 5.32 Å². The summed E-state index contributed by atoms with van der Waals surface area (Å²) < 4.78 is 9.37. The summed E-state index contributed by atoms with van der Waals surface area (Å²) in [7, 11) is 1.34. The smallest absolute Gasteiger partial charge is 0.408 e. The maximum Gasteiger partial charge on any atom is 0.408 e. The average molecular weight is 173 g/mol. The largest absolute Gasteiger partial charge is 0.440 e. The molecule has 0 spiro atoms. The van der Waals surface area contributed by atoms with E-state index in [2.05, 4.69) is 16.6 Å². The van der Waals surface area contributed by atoms with E-state index in [-0.39, 0.29) is 0 Å². The van der Waals surface area contributed by atoms with Gasteiger partial charge in [0.25, 0.3) is 0 Å². The van der Waals surface area contributed by atoms with E-state index in [0.29, 0.717) is 0 Å². The lowest BCUT2D eigenvalue weighted by atomic mass is 10.1. The van der Waals surface area contributed by atoms with Crippen molar-refractivity contribution in [1.82, 2.24) is 5.32 Å². The van der Waals surface area contributed by atoms with Gasteiger partial charge in [0.05, 0.1) is 0 Å². The molecular formula is C7H11NO4. The number of methoxy groups -OCH3 is 1. The molecule has 0 aromatic heterocycles. The van der Waals surface area contributed by atoms with Crippen molar-refractivity contribution in [2.45, 2.75) is 18.4 Å². The van der Waals surface area contributed by atoms with Crippen LogP contribution in [0.3, 0.4) is 0 Å². The van der Waals surface area contributed by atoms with Crippen LogP contribution in [0.15, 0.2) is 12.7 Å². The van der Waals surface area contributed by atoms with Crippen molar-refractivity contribution < 1.29 is 19.4 Å². The Hall–Kier alpha value is -1.07. The highest BCUT2D eigenvalue weighted by molar-refractivity contribution is 5.70. The van der Waals surface area contributed by atoms with Gasteiger partial charge < -0.3 is 19.9 Å². The monoisotopic (exact) mass is 173 g/mol. The first kappa shape index (κ1) is 9.02. The number of hydrogen-bond acceptors (Lipinski definition) is 4. The van der Waals surface area contributed by atoms with Gasteiger partial charge in [0.15, 0.2) is 6.29 Å². The third-order valence-corrected chi connectivity index (χ3v) is 1.66. The molecule has 1 aliphatic heterocycles. The van der Waals surface area contributed by atoms with E-state index < -0.39 is 24.5 Å². The van der Waals surface area contributed by atoms with Gasteiger partial charge in [0, 0.05) is 7.11 Å². The molecule has 68 valence electrons. The predicted octanol–water partition coefficient (Wildman–Crippen LogP) is -0.386. The number of amides is 1. The number of ether oxygens (including phenoxy) is 2. The highest BCUT2D eigenvalue weighted by Gasteiger charge is 2.37.